The second kappa shape index (κ2) is 12.0. The molecular weight excluding hydrogens is 480 g/mol. The van der Waals surface area contributed by atoms with E-state index < -0.39 is 6.10 Å². The molecule has 1 saturated heterocycles. The van der Waals surface area contributed by atoms with Gasteiger partial charge in [0.05, 0.1) is 18.3 Å². The van der Waals surface area contributed by atoms with Crippen LogP contribution < -0.4 is 10.6 Å². The molecule has 196 valence electrons. The molecule has 5 rings (SSSR count). The fraction of sp³-hybridized carbons (Fsp3) is 0.310. The first-order chi connectivity index (χ1) is 18.5. The Morgan fingerprint density at radius 1 is 0.974 bits per heavy atom. The number of rotatable bonds is 8. The van der Waals surface area contributed by atoms with Crippen LogP contribution in [0.15, 0.2) is 84.3 Å². The molecule has 2 unspecified atom stereocenters. The number of carbonyl (C=O) groups is 2. The number of carbonyl (C=O) groups excluding carboxylic acids is 2. The molecule has 0 saturated carbocycles. The number of aromatic nitrogens is 1. The molecule has 0 radical (unpaired) electrons. The fourth-order valence-electron chi connectivity index (χ4n) is 4.62. The zero-order valence-corrected chi connectivity index (χ0v) is 21.4. The number of anilines is 1. The minimum atomic E-state index is -0.698. The van der Waals surface area contributed by atoms with E-state index in [2.05, 4.69) is 37.6 Å². The highest BCUT2D eigenvalue weighted by molar-refractivity contribution is 6.05. The molecule has 0 bridgehead atoms. The van der Waals surface area contributed by atoms with Crippen molar-refractivity contribution in [3.8, 4) is 0 Å². The van der Waals surface area contributed by atoms with Crippen molar-refractivity contribution in [1.29, 1.82) is 0 Å². The van der Waals surface area contributed by atoms with Gasteiger partial charge in [0.2, 0.25) is 12.0 Å². The molecule has 1 aromatic heterocycles. The molecule has 2 aliphatic heterocycles. The molecule has 9 heteroatoms. The van der Waals surface area contributed by atoms with Crippen molar-refractivity contribution in [1.82, 2.24) is 20.1 Å². The number of amides is 2. The summed E-state index contributed by atoms with van der Waals surface area (Å²) < 4.78 is 0. The smallest absolute Gasteiger partial charge is 0.268 e. The highest BCUT2D eigenvalue weighted by Crippen LogP contribution is 2.24. The Labute approximate surface area is 222 Å². The minimum absolute atomic E-state index is 0.0106. The summed E-state index contributed by atoms with van der Waals surface area (Å²) in [4.78, 5) is 39.7. The SMILES string of the molecule is CN1CCN(CC(=O)NC(c2ccccc2)c2ccc(NC(=O)C3CC(c4cccnc4)=NO3)cc2)CC1. The highest BCUT2D eigenvalue weighted by atomic mass is 16.6. The normalized spacial score (nSPS) is 18.8. The van der Waals surface area contributed by atoms with E-state index in [9.17, 15) is 9.59 Å². The van der Waals surface area contributed by atoms with Crippen LogP contribution in [-0.2, 0) is 14.4 Å². The van der Waals surface area contributed by atoms with E-state index in [1.54, 1.807) is 12.4 Å². The number of hydrogen-bond acceptors (Lipinski definition) is 7. The number of oxime groups is 1. The van der Waals surface area contributed by atoms with Gasteiger partial charge in [0.1, 0.15) is 0 Å². The summed E-state index contributed by atoms with van der Waals surface area (Å²) >= 11 is 0. The lowest BCUT2D eigenvalue weighted by molar-refractivity contribution is -0.125. The van der Waals surface area contributed by atoms with Gasteiger partial charge in [0, 0.05) is 56.2 Å². The second-order valence-corrected chi connectivity index (χ2v) is 9.68. The van der Waals surface area contributed by atoms with Crippen LogP contribution in [0.25, 0.3) is 0 Å². The van der Waals surface area contributed by atoms with Crippen LogP contribution in [0.4, 0.5) is 5.69 Å². The predicted octanol–water partition coefficient (Wildman–Crippen LogP) is 2.67. The van der Waals surface area contributed by atoms with Gasteiger partial charge in [-0.05, 0) is 42.4 Å². The molecular formula is C29H32N6O3. The maximum absolute atomic E-state index is 13.0. The standard InChI is InChI=1S/C29H32N6O3/c1-34-14-16-35(17-15-34)20-27(36)32-28(21-6-3-2-4-7-21)22-9-11-24(12-10-22)31-29(37)26-18-25(33-38-26)23-8-5-13-30-19-23/h2-13,19,26,28H,14-18,20H2,1H3,(H,31,37)(H,32,36). The van der Waals surface area contributed by atoms with Crippen LogP contribution in [0.2, 0.25) is 0 Å². The molecule has 2 aliphatic rings. The van der Waals surface area contributed by atoms with E-state index >= 15 is 0 Å². The van der Waals surface area contributed by atoms with Crippen molar-refractivity contribution in [2.45, 2.75) is 18.6 Å². The third-order valence-electron chi connectivity index (χ3n) is 6.87. The number of piperazine rings is 1. The largest absolute Gasteiger partial charge is 0.382 e. The van der Waals surface area contributed by atoms with Crippen LogP contribution in [-0.4, -0.2) is 78.2 Å². The molecule has 3 aromatic rings. The summed E-state index contributed by atoms with van der Waals surface area (Å²) in [5.74, 6) is -0.274. The molecule has 2 amide bonds. The van der Waals surface area contributed by atoms with Crippen LogP contribution >= 0.6 is 0 Å². The number of nitrogens with zero attached hydrogens (tertiary/aromatic N) is 4. The number of pyridine rings is 1. The van der Waals surface area contributed by atoms with Gasteiger partial charge >= 0.3 is 0 Å². The van der Waals surface area contributed by atoms with E-state index in [1.807, 2.05) is 66.7 Å². The lowest BCUT2D eigenvalue weighted by Crippen LogP contribution is -2.48. The topological polar surface area (TPSA) is 99.2 Å². The third-order valence-corrected chi connectivity index (χ3v) is 6.87. The van der Waals surface area contributed by atoms with Crippen molar-refractivity contribution >= 4 is 23.2 Å². The Morgan fingerprint density at radius 2 is 1.71 bits per heavy atom. The first-order valence-electron chi connectivity index (χ1n) is 12.8. The fourth-order valence-corrected chi connectivity index (χ4v) is 4.62. The van der Waals surface area contributed by atoms with Gasteiger partial charge in [-0.3, -0.25) is 19.5 Å². The number of nitrogens with one attached hydrogen (secondary N) is 2. The summed E-state index contributed by atoms with van der Waals surface area (Å²) in [7, 11) is 2.10. The minimum Gasteiger partial charge on any atom is -0.382 e. The average molecular weight is 513 g/mol. The summed E-state index contributed by atoms with van der Waals surface area (Å²) in [6.07, 6.45) is 3.07. The first kappa shape index (κ1) is 25.6. The van der Waals surface area contributed by atoms with Gasteiger partial charge in [-0.15, -0.1) is 0 Å². The van der Waals surface area contributed by atoms with E-state index in [0.29, 0.717) is 24.4 Å². The molecule has 2 atom stereocenters. The third kappa shape index (κ3) is 6.42. The lowest BCUT2D eigenvalue weighted by atomic mass is 9.98. The molecule has 3 heterocycles. The van der Waals surface area contributed by atoms with E-state index in [1.165, 1.54) is 0 Å². The number of hydrogen-bond donors (Lipinski definition) is 2. The maximum atomic E-state index is 13.0. The van der Waals surface area contributed by atoms with Crippen LogP contribution in [0.5, 0.6) is 0 Å². The van der Waals surface area contributed by atoms with Crippen molar-refractivity contribution in [3.05, 3.63) is 95.8 Å². The Hall–Kier alpha value is -4.08. The number of likely N-dealkylation sites (N-methyl/N-ethyl adjacent to an activating group) is 1. The predicted molar refractivity (Wildman–Crippen MR) is 146 cm³/mol. The average Bonchev–Trinajstić information content (AvgIpc) is 3.45. The molecule has 1 fully saturated rings. The molecule has 2 aromatic carbocycles. The second-order valence-electron chi connectivity index (χ2n) is 9.68. The van der Waals surface area contributed by atoms with Crippen molar-refractivity contribution in [3.63, 3.8) is 0 Å². The quantitative estimate of drug-likeness (QED) is 0.482. The maximum Gasteiger partial charge on any atom is 0.268 e. The highest BCUT2D eigenvalue weighted by Gasteiger charge is 2.29. The first-order valence-corrected chi connectivity index (χ1v) is 12.8. The van der Waals surface area contributed by atoms with E-state index in [-0.39, 0.29) is 17.9 Å². The van der Waals surface area contributed by atoms with E-state index in [0.717, 1.165) is 42.9 Å². The summed E-state index contributed by atoms with van der Waals surface area (Å²) in [6.45, 7) is 4.06. The van der Waals surface area contributed by atoms with Gasteiger partial charge in [0.25, 0.3) is 5.91 Å². The lowest BCUT2D eigenvalue weighted by Gasteiger charge is -2.32. The molecule has 38 heavy (non-hydrogen) atoms. The zero-order chi connectivity index (χ0) is 26.3. The molecule has 0 spiro atoms. The van der Waals surface area contributed by atoms with Crippen molar-refractivity contribution < 1.29 is 14.4 Å². The Bertz CT molecular complexity index is 1260. The Balaban J connectivity index is 1.21. The molecule has 2 N–H and O–H groups in total. The van der Waals surface area contributed by atoms with Crippen LogP contribution in [0.3, 0.4) is 0 Å². The number of benzene rings is 2. The summed E-state index contributed by atoms with van der Waals surface area (Å²) in [5.41, 5.74) is 4.11. The summed E-state index contributed by atoms with van der Waals surface area (Å²) in [5, 5.41) is 10.2. The molecule has 0 aliphatic carbocycles. The van der Waals surface area contributed by atoms with Gasteiger partial charge in [0.15, 0.2) is 0 Å². The van der Waals surface area contributed by atoms with Gasteiger partial charge < -0.3 is 20.4 Å². The van der Waals surface area contributed by atoms with E-state index in [4.69, 9.17) is 4.84 Å². The Morgan fingerprint density at radius 3 is 2.42 bits per heavy atom. The Kier molecular flexibility index (Phi) is 8.06. The monoisotopic (exact) mass is 512 g/mol. The van der Waals surface area contributed by atoms with Crippen LogP contribution in [0.1, 0.15) is 29.2 Å². The van der Waals surface area contributed by atoms with Crippen molar-refractivity contribution in [2.24, 2.45) is 5.16 Å². The van der Waals surface area contributed by atoms with Crippen molar-refractivity contribution in [2.75, 3.05) is 45.1 Å². The van der Waals surface area contributed by atoms with Gasteiger partial charge in [-0.25, -0.2) is 0 Å². The molecule has 9 nitrogen and oxygen atoms in total. The zero-order valence-electron chi connectivity index (χ0n) is 21.4. The van der Waals surface area contributed by atoms with Gasteiger partial charge in [-0.1, -0.05) is 47.6 Å². The van der Waals surface area contributed by atoms with Gasteiger partial charge in [-0.2, -0.15) is 0 Å². The summed E-state index contributed by atoms with van der Waals surface area (Å²) in [6, 6.07) is 20.9. The van der Waals surface area contributed by atoms with Crippen LogP contribution in [0, 0.1) is 0 Å².